The molecule has 26 heavy (non-hydrogen) atoms. The first-order chi connectivity index (χ1) is 12.4. The molecule has 7 heteroatoms. The summed E-state index contributed by atoms with van der Waals surface area (Å²) in [5.74, 6) is -0.0623. The highest BCUT2D eigenvalue weighted by Crippen LogP contribution is 2.28. The molecule has 0 bridgehead atoms. The highest BCUT2D eigenvalue weighted by atomic mass is 35.5. The number of rotatable bonds is 5. The average molecular weight is 390 g/mol. The first-order valence-electron chi connectivity index (χ1n) is 8.29. The Morgan fingerprint density at radius 2 is 1.77 bits per heavy atom. The summed E-state index contributed by atoms with van der Waals surface area (Å²) in [6.45, 7) is 1.98. The standard InChI is InChI=1S/C19H20ClN3O2S/c1-4-17(26-14-8-5-12(20)6-9-14)18(24)21-13-7-10-15-16(11-13)23(3)19(25)22(15)2/h5-11,17H,4H2,1-3H3,(H,21,24)/t17-/m0/s1. The average Bonchev–Trinajstić information content (AvgIpc) is 2.85. The number of aromatic nitrogens is 2. The van der Waals surface area contributed by atoms with Crippen LogP contribution in [0.2, 0.25) is 5.02 Å². The van der Waals surface area contributed by atoms with E-state index in [1.807, 2.05) is 49.4 Å². The zero-order valence-electron chi connectivity index (χ0n) is 14.8. The molecule has 1 N–H and O–H groups in total. The number of anilines is 1. The normalized spacial score (nSPS) is 12.3. The van der Waals surface area contributed by atoms with Gasteiger partial charge in [-0.3, -0.25) is 13.9 Å². The molecule has 0 saturated heterocycles. The van der Waals surface area contributed by atoms with Crippen LogP contribution in [0.4, 0.5) is 5.69 Å². The van der Waals surface area contributed by atoms with Gasteiger partial charge in [-0.05, 0) is 48.9 Å². The molecule has 3 aromatic rings. The lowest BCUT2D eigenvalue weighted by Gasteiger charge is -2.15. The Bertz CT molecular complexity index is 1010. The van der Waals surface area contributed by atoms with Gasteiger partial charge in [-0.25, -0.2) is 4.79 Å². The van der Waals surface area contributed by atoms with E-state index in [9.17, 15) is 9.59 Å². The van der Waals surface area contributed by atoms with Crippen molar-refractivity contribution in [3.05, 3.63) is 58.0 Å². The lowest BCUT2D eigenvalue weighted by Crippen LogP contribution is -2.24. The fourth-order valence-electron chi connectivity index (χ4n) is 2.81. The number of hydrogen-bond acceptors (Lipinski definition) is 3. The third kappa shape index (κ3) is 3.66. The van der Waals surface area contributed by atoms with Crippen molar-refractivity contribution in [3.63, 3.8) is 0 Å². The quantitative estimate of drug-likeness (QED) is 0.670. The molecule has 1 atom stereocenters. The molecule has 0 radical (unpaired) electrons. The van der Waals surface area contributed by atoms with Gasteiger partial charge in [-0.2, -0.15) is 0 Å². The van der Waals surface area contributed by atoms with Crippen LogP contribution in [-0.4, -0.2) is 20.3 Å². The number of hydrogen-bond donors (Lipinski definition) is 1. The number of carbonyl (C=O) groups excluding carboxylic acids is 1. The van der Waals surface area contributed by atoms with E-state index >= 15 is 0 Å². The molecule has 0 saturated carbocycles. The van der Waals surface area contributed by atoms with Gasteiger partial charge in [-0.15, -0.1) is 11.8 Å². The van der Waals surface area contributed by atoms with Gasteiger partial charge >= 0.3 is 5.69 Å². The minimum atomic E-state index is -0.216. The summed E-state index contributed by atoms with van der Waals surface area (Å²) < 4.78 is 3.16. The molecule has 0 aliphatic heterocycles. The van der Waals surface area contributed by atoms with Crippen molar-refractivity contribution in [2.75, 3.05) is 5.32 Å². The van der Waals surface area contributed by atoms with E-state index in [1.54, 1.807) is 23.2 Å². The number of nitrogens with zero attached hydrogens (tertiary/aromatic N) is 2. The van der Waals surface area contributed by atoms with Crippen LogP contribution in [0.3, 0.4) is 0 Å². The van der Waals surface area contributed by atoms with Crippen LogP contribution in [0.25, 0.3) is 11.0 Å². The van der Waals surface area contributed by atoms with Crippen molar-refractivity contribution in [2.45, 2.75) is 23.5 Å². The maximum absolute atomic E-state index is 12.7. The van der Waals surface area contributed by atoms with Crippen LogP contribution in [0.5, 0.6) is 0 Å². The number of thioether (sulfide) groups is 1. The van der Waals surface area contributed by atoms with E-state index in [1.165, 1.54) is 11.8 Å². The summed E-state index contributed by atoms with van der Waals surface area (Å²) in [5.41, 5.74) is 2.21. The topological polar surface area (TPSA) is 56.0 Å². The number of nitrogens with one attached hydrogen (secondary N) is 1. The van der Waals surface area contributed by atoms with Gasteiger partial charge in [0.05, 0.1) is 16.3 Å². The minimum Gasteiger partial charge on any atom is -0.325 e. The lowest BCUT2D eigenvalue weighted by atomic mass is 10.2. The summed E-state index contributed by atoms with van der Waals surface area (Å²) in [4.78, 5) is 25.7. The predicted molar refractivity (Wildman–Crippen MR) is 108 cm³/mol. The summed E-state index contributed by atoms with van der Waals surface area (Å²) in [7, 11) is 3.46. The molecule has 1 aromatic heterocycles. The Kier molecular flexibility index (Phi) is 5.44. The van der Waals surface area contributed by atoms with Crippen LogP contribution in [0.1, 0.15) is 13.3 Å². The minimum absolute atomic E-state index is 0.0623. The van der Waals surface area contributed by atoms with Gasteiger partial charge in [-0.1, -0.05) is 18.5 Å². The molecule has 0 aliphatic carbocycles. The van der Waals surface area contributed by atoms with E-state index in [-0.39, 0.29) is 16.8 Å². The molecule has 3 rings (SSSR count). The van der Waals surface area contributed by atoms with E-state index in [0.717, 1.165) is 15.9 Å². The molecule has 136 valence electrons. The van der Waals surface area contributed by atoms with Gasteiger partial charge in [0.25, 0.3) is 0 Å². The van der Waals surface area contributed by atoms with Gasteiger partial charge in [0, 0.05) is 29.7 Å². The maximum atomic E-state index is 12.7. The molecule has 1 heterocycles. The Balaban J connectivity index is 1.79. The molecule has 0 aliphatic rings. The summed E-state index contributed by atoms with van der Waals surface area (Å²) in [6.07, 6.45) is 0.700. The van der Waals surface area contributed by atoms with Crippen molar-refractivity contribution < 1.29 is 4.79 Å². The van der Waals surface area contributed by atoms with Gasteiger partial charge in [0.15, 0.2) is 0 Å². The molecule has 0 fully saturated rings. The van der Waals surface area contributed by atoms with Gasteiger partial charge in [0.1, 0.15) is 0 Å². The van der Waals surface area contributed by atoms with E-state index in [0.29, 0.717) is 17.1 Å². The Hall–Kier alpha value is -2.18. The highest BCUT2D eigenvalue weighted by molar-refractivity contribution is 8.00. The molecule has 0 spiro atoms. The first-order valence-corrected chi connectivity index (χ1v) is 9.55. The van der Waals surface area contributed by atoms with E-state index in [4.69, 9.17) is 11.6 Å². The van der Waals surface area contributed by atoms with Crippen LogP contribution < -0.4 is 11.0 Å². The third-order valence-corrected chi connectivity index (χ3v) is 5.92. The Morgan fingerprint density at radius 3 is 2.42 bits per heavy atom. The summed E-state index contributed by atoms with van der Waals surface area (Å²) in [5, 5.41) is 3.42. The molecule has 0 unspecified atom stereocenters. The number of imidazole rings is 1. The highest BCUT2D eigenvalue weighted by Gasteiger charge is 2.18. The van der Waals surface area contributed by atoms with Crippen molar-refractivity contribution in [1.82, 2.24) is 9.13 Å². The number of fused-ring (bicyclic) bond motifs is 1. The van der Waals surface area contributed by atoms with E-state index in [2.05, 4.69) is 5.32 Å². The van der Waals surface area contributed by atoms with Gasteiger partial charge < -0.3 is 5.32 Å². The molecule has 2 aromatic carbocycles. The first kappa shape index (κ1) is 18.6. The zero-order valence-corrected chi connectivity index (χ0v) is 16.4. The molecule has 5 nitrogen and oxygen atoms in total. The second-order valence-corrected chi connectivity index (χ2v) is 7.77. The number of benzene rings is 2. The van der Waals surface area contributed by atoms with Crippen molar-refractivity contribution in [1.29, 1.82) is 0 Å². The SMILES string of the molecule is CC[C@H](Sc1ccc(Cl)cc1)C(=O)Nc1ccc2c(c1)n(C)c(=O)n2C. The van der Waals surface area contributed by atoms with Crippen LogP contribution in [0.15, 0.2) is 52.2 Å². The molecular weight excluding hydrogens is 370 g/mol. The second kappa shape index (κ2) is 7.60. The van der Waals surface area contributed by atoms with Crippen LogP contribution in [-0.2, 0) is 18.9 Å². The Labute approximate surface area is 161 Å². The van der Waals surface area contributed by atoms with Gasteiger partial charge in [0.2, 0.25) is 5.91 Å². The third-order valence-electron chi connectivity index (χ3n) is 4.29. The van der Waals surface area contributed by atoms with Crippen molar-refractivity contribution >= 4 is 46.0 Å². The molecular formula is C19H20ClN3O2S. The number of amides is 1. The number of carbonyl (C=O) groups is 1. The number of aryl methyl sites for hydroxylation is 2. The Morgan fingerprint density at radius 1 is 1.12 bits per heavy atom. The number of halogens is 1. The van der Waals surface area contributed by atoms with Crippen molar-refractivity contribution in [2.24, 2.45) is 14.1 Å². The predicted octanol–water partition coefficient (Wildman–Crippen LogP) is 4.04. The van der Waals surface area contributed by atoms with Crippen molar-refractivity contribution in [3.8, 4) is 0 Å². The largest absolute Gasteiger partial charge is 0.328 e. The van der Waals surface area contributed by atoms with E-state index < -0.39 is 0 Å². The smallest absolute Gasteiger partial charge is 0.325 e. The second-order valence-electron chi connectivity index (χ2n) is 6.06. The summed E-state index contributed by atoms with van der Waals surface area (Å²) in [6, 6.07) is 13.0. The lowest BCUT2D eigenvalue weighted by molar-refractivity contribution is -0.115. The maximum Gasteiger partial charge on any atom is 0.328 e. The fraction of sp³-hybridized carbons (Fsp3) is 0.263. The zero-order chi connectivity index (χ0) is 18.8. The summed E-state index contributed by atoms with van der Waals surface area (Å²) >= 11 is 7.42. The monoisotopic (exact) mass is 389 g/mol. The van der Waals surface area contributed by atoms with Crippen LogP contribution >= 0.6 is 23.4 Å². The molecule has 1 amide bonds. The fourth-order valence-corrected chi connectivity index (χ4v) is 3.89. The van der Waals surface area contributed by atoms with Crippen LogP contribution in [0, 0.1) is 0 Å².